The Kier molecular flexibility index (Phi) is 3.10. The molecule has 0 radical (unpaired) electrons. The van der Waals surface area contributed by atoms with Crippen molar-refractivity contribution in [3.8, 4) is 0 Å². The van der Waals surface area contributed by atoms with Crippen molar-refractivity contribution < 1.29 is 4.42 Å². The first-order valence-corrected chi connectivity index (χ1v) is 5.55. The quantitative estimate of drug-likeness (QED) is 0.858. The zero-order chi connectivity index (χ0) is 11.5. The van der Waals surface area contributed by atoms with Gasteiger partial charge >= 0.3 is 0 Å². The van der Waals surface area contributed by atoms with Crippen molar-refractivity contribution in [1.29, 1.82) is 0 Å². The lowest BCUT2D eigenvalue weighted by Gasteiger charge is -2.11. The maximum absolute atomic E-state index is 6.13. The molecule has 0 aliphatic heterocycles. The van der Waals surface area contributed by atoms with E-state index in [2.05, 4.69) is 16.5 Å². The highest BCUT2D eigenvalue weighted by Crippen LogP contribution is 2.20. The lowest BCUT2D eigenvalue weighted by atomic mass is 10.2. The van der Waals surface area contributed by atoms with Gasteiger partial charge in [-0.1, -0.05) is 6.92 Å². The Balaban J connectivity index is 2.26. The topological polar surface area (TPSA) is 57.0 Å². The van der Waals surface area contributed by atoms with Crippen LogP contribution in [0.15, 0.2) is 28.9 Å². The molecule has 4 heteroatoms. The molecule has 16 heavy (non-hydrogen) atoms. The van der Waals surface area contributed by atoms with Crippen LogP contribution in [-0.2, 0) is 6.54 Å². The third kappa shape index (κ3) is 2.02. The van der Waals surface area contributed by atoms with Crippen molar-refractivity contribution in [2.24, 2.45) is 5.73 Å². The van der Waals surface area contributed by atoms with Gasteiger partial charge in [0, 0.05) is 18.9 Å². The van der Waals surface area contributed by atoms with Crippen LogP contribution in [0.2, 0.25) is 0 Å². The van der Waals surface area contributed by atoms with E-state index >= 15 is 0 Å². The first-order valence-electron chi connectivity index (χ1n) is 5.55. The Bertz CT molecular complexity index is 458. The SMILES string of the molecule is CCCn1ccnc1C(N)c1ccc(C)o1. The first-order chi connectivity index (χ1) is 7.72. The molecule has 2 N–H and O–H groups in total. The minimum atomic E-state index is -0.282. The van der Waals surface area contributed by atoms with Crippen LogP contribution >= 0.6 is 0 Å². The summed E-state index contributed by atoms with van der Waals surface area (Å²) < 4.78 is 7.60. The van der Waals surface area contributed by atoms with Crippen LogP contribution in [0.5, 0.6) is 0 Å². The zero-order valence-electron chi connectivity index (χ0n) is 9.68. The highest BCUT2D eigenvalue weighted by molar-refractivity contribution is 5.17. The van der Waals surface area contributed by atoms with Gasteiger partial charge in [-0.15, -0.1) is 0 Å². The van der Waals surface area contributed by atoms with E-state index in [9.17, 15) is 0 Å². The second-order valence-corrected chi connectivity index (χ2v) is 3.90. The van der Waals surface area contributed by atoms with Gasteiger partial charge in [0.15, 0.2) is 0 Å². The Morgan fingerprint density at radius 2 is 2.31 bits per heavy atom. The lowest BCUT2D eigenvalue weighted by Crippen LogP contribution is -2.17. The molecule has 4 nitrogen and oxygen atoms in total. The molecule has 0 aliphatic carbocycles. The van der Waals surface area contributed by atoms with E-state index in [1.165, 1.54) is 0 Å². The summed E-state index contributed by atoms with van der Waals surface area (Å²) in [5.41, 5.74) is 6.13. The van der Waals surface area contributed by atoms with Gasteiger partial charge in [0.05, 0.1) is 0 Å². The van der Waals surface area contributed by atoms with Gasteiger partial charge in [-0.3, -0.25) is 0 Å². The highest BCUT2D eigenvalue weighted by Gasteiger charge is 2.17. The number of hydrogen-bond acceptors (Lipinski definition) is 3. The molecule has 0 aliphatic rings. The fourth-order valence-electron chi connectivity index (χ4n) is 1.78. The van der Waals surface area contributed by atoms with Crippen LogP contribution in [0.3, 0.4) is 0 Å². The van der Waals surface area contributed by atoms with E-state index < -0.39 is 0 Å². The monoisotopic (exact) mass is 219 g/mol. The smallest absolute Gasteiger partial charge is 0.133 e. The molecule has 2 heterocycles. The standard InChI is InChI=1S/C12H17N3O/c1-3-7-15-8-6-14-12(15)11(13)10-5-4-9(2)16-10/h4-6,8,11H,3,7,13H2,1-2H3. The Labute approximate surface area is 95.1 Å². The Hall–Kier alpha value is -1.55. The van der Waals surface area contributed by atoms with Crippen LogP contribution in [0.25, 0.3) is 0 Å². The summed E-state index contributed by atoms with van der Waals surface area (Å²) in [7, 11) is 0. The lowest BCUT2D eigenvalue weighted by molar-refractivity contribution is 0.452. The second kappa shape index (κ2) is 4.53. The highest BCUT2D eigenvalue weighted by atomic mass is 16.3. The molecule has 2 rings (SSSR count). The van der Waals surface area contributed by atoms with Crippen LogP contribution in [0.4, 0.5) is 0 Å². The van der Waals surface area contributed by atoms with Gasteiger partial charge in [0.25, 0.3) is 0 Å². The summed E-state index contributed by atoms with van der Waals surface area (Å²) in [4.78, 5) is 4.30. The van der Waals surface area contributed by atoms with Gasteiger partial charge in [-0.25, -0.2) is 4.98 Å². The summed E-state index contributed by atoms with van der Waals surface area (Å²) in [5.74, 6) is 2.50. The molecular weight excluding hydrogens is 202 g/mol. The van der Waals surface area contributed by atoms with Crippen molar-refractivity contribution in [2.45, 2.75) is 32.9 Å². The van der Waals surface area contributed by atoms with Crippen molar-refractivity contribution in [1.82, 2.24) is 9.55 Å². The fourth-order valence-corrected chi connectivity index (χ4v) is 1.78. The van der Waals surface area contributed by atoms with Crippen LogP contribution in [-0.4, -0.2) is 9.55 Å². The number of imidazole rings is 1. The second-order valence-electron chi connectivity index (χ2n) is 3.90. The summed E-state index contributed by atoms with van der Waals surface area (Å²) in [5, 5.41) is 0. The van der Waals surface area contributed by atoms with Crippen LogP contribution in [0.1, 0.15) is 36.7 Å². The van der Waals surface area contributed by atoms with Gasteiger partial charge < -0.3 is 14.7 Å². The normalized spacial score (nSPS) is 12.9. The van der Waals surface area contributed by atoms with E-state index in [1.807, 2.05) is 25.3 Å². The number of aromatic nitrogens is 2. The van der Waals surface area contributed by atoms with Crippen molar-refractivity contribution in [3.05, 3.63) is 41.9 Å². The predicted octanol–water partition coefficient (Wildman–Crippen LogP) is 2.24. The Morgan fingerprint density at radius 3 is 2.94 bits per heavy atom. The molecule has 0 amide bonds. The third-order valence-electron chi connectivity index (χ3n) is 2.56. The van der Waals surface area contributed by atoms with E-state index in [0.717, 1.165) is 30.3 Å². The molecular formula is C12H17N3O. The van der Waals surface area contributed by atoms with E-state index in [4.69, 9.17) is 10.2 Å². The molecule has 1 unspecified atom stereocenters. The molecule has 2 aromatic heterocycles. The van der Waals surface area contributed by atoms with E-state index in [-0.39, 0.29) is 6.04 Å². The summed E-state index contributed by atoms with van der Waals surface area (Å²) in [6, 6.07) is 3.54. The van der Waals surface area contributed by atoms with Crippen molar-refractivity contribution >= 4 is 0 Å². The first kappa shape index (κ1) is 11.0. The van der Waals surface area contributed by atoms with Crippen molar-refractivity contribution in [3.63, 3.8) is 0 Å². The third-order valence-corrected chi connectivity index (χ3v) is 2.56. The molecule has 0 fully saturated rings. The van der Waals surface area contributed by atoms with Gasteiger partial charge in [0.2, 0.25) is 0 Å². The van der Waals surface area contributed by atoms with Crippen molar-refractivity contribution in [2.75, 3.05) is 0 Å². The van der Waals surface area contributed by atoms with Gasteiger partial charge in [-0.05, 0) is 25.5 Å². The molecule has 2 aromatic rings. The summed E-state index contributed by atoms with van der Waals surface area (Å²) in [6.45, 7) is 4.98. The van der Waals surface area contributed by atoms with Crippen LogP contribution < -0.4 is 5.73 Å². The average molecular weight is 219 g/mol. The molecule has 86 valence electrons. The van der Waals surface area contributed by atoms with Crippen LogP contribution in [0, 0.1) is 6.92 Å². The molecule has 1 atom stereocenters. The molecule has 0 spiro atoms. The maximum atomic E-state index is 6.13. The molecule has 0 saturated carbocycles. The molecule has 0 aromatic carbocycles. The minimum absolute atomic E-state index is 0.282. The summed E-state index contributed by atoms with van der Waals surface area (Å²) >= 11 is 0. The molecule has 0 bridgehead atoms. The number of nitrogens with zero attached hydrogens (tertiary/aromatic N) is 2. The average Bonchev–Trinajstić information content (AvgIpc) is 2.87. The largest absolute Gasteiger partial charge is 0.464 e. The number of furan rings is 1. The number of aryl methyl sites for hydroxylation is 2. The summed E-state index contributed by atoms with van der Waals surface area (Å²) in [6.07, 6.45) is 4.79. The molecule has 0 saturated heterocycles. The number of hydrogen-bond donors (Lipinski definition) is 1. The fraction of sp³-hybridized carbons (Fsp3) is 0.417. The minimum Gasteiger partial charge on any atom is -0.464 e. The predicted molar refractivity (Wildman–Crippen MR) is 62.0 cm³/mol. The van der Waals surface area contributed by atoms with Gasteiger partial charge in [-0.2, -0.15) is 0 Å². The van der Waals surface area contributed by atoms with Gasteiger partial charge in [0.1, 0.15) is 23.4 Å². The number of nitrogens with two attached hydrogens (primary N) is 1. The maximum Gasteiger partial charge on any atom is 0.133 e. The zero-order valence-corrected chi connectivity index (χ0v) is 9.68. The number of rotatable bonds is 4. The Morgan fingerprint density at radius 1 is 1.50 bits per heavy atom. The van der Waals surface area contributed by atoms with E-state index in [0.29, 0.717) is 0 Å². The van der Waals surface area contributed by atoms with E-state index in [1.54, 1.807) is 6.20 Å².